The molecule has 0 unspecified atom stereocenters. The molecular formula is C27H39N3O5S2. The van der Waals surface area contributed by atoms with Gasteiger partial charge in [0, 0.05) is 19.6 Å². The maximum absolute atomic E-state index is 13.5. The summed E-state index contributed by atoms with van der Waals surface area (Å²) in [6, 6.07) is 13.1. The first-order chi connectivity index (χ1) is 17.4. The third-order valence-corrected chi connectivity index (χ3v) is 10.1. The summed E-state index contributed by atoms with van der Waals surface area (Å²) in [5, 5.41) is 0. The Labute approximate surface area is 222 Å². The highest BCUT2D eigenvalue weighted by molar-refractivity contribution is 7.89. The molecule has 0 radical (unpaired) electrons. The normalized spacial score (nSPS) is 18.5. The van der Waals surface area contributed by atoms with Gasteiger partial charge in [-0.05, 0) is 70.0 Å². The highest BCUT2D eigenvalue weighted by atomic mass is 32.2. The zero-order valence-corrected chi connectivity index (χ0v) is 23.9. The maximum Gasteiger partial charge on any atom is 0.243 e. The Morgan fingerprint density at radius 3 is 1.41 bits per heavy atom. The number of hydrogen-bond acceptors (Lipinski definition) is 6. The summed E-state index contributed by atoms with van der Waals surface area (Å²) < 4.78 is 56.3. The molecule has 204 valence electrons. The number of carbonyl (C=O) groups excluding carboxylic acids is 1. The average Bonchev–Trinajstić information content (AvgIpc) is 2.82. The SMILES string of the molecule is Cc1ccc(S(=O)(=O)N2CCCN(CC(C)C)CCCN(S(=O)(=O)c3ccc(C)cc3)CC(=O)C2)cc1. The highest BCUT2D eigenvalue weighted by Gasteiger charge is 2.31. The van der Waals surface area contributed by atoms with Crippen molar-refractivity contribution in [1.82, 2.24) is 13.5 Å². The third-order valence-electron chi connectivity index (χ3n) is 6.41. The molecule has 0 amide bonds. The van der Waals surface area contributed by atoms with Gasteiger partial charge in [0.15, 0.2) is 5.78 Å². The van der Waals surface area contributed by atoms with Crippen LogP contribution in [0.5, 0.6) is 0 Å². The molecule has 8 nitrogen and oxygen atoms in total. The zero-order valence-electron chi connectivity index (χ0n) is 22.3. The molecule has 10 heteroatoms. The second-order valence-corrected chi connectivity index (χ2v) is 14.1. The van der Waals surface area contributed by atoms with Gasteiger partial charge in [-0.2, -0.15) is 8.61 Å². The van der Waals surface area contributed by atoms with Crippen molar-refractivity contribution in [2.75, 3.05) is 45.8 Å². The molecule has 2 aromatic carbocycles. The molecule has 0 N–H and O–H groups in total. The van der Waals surface area contributed by atoms with E-state index in [1.54, 1.807) is 48.5 Å². The predicted octanol–water partition coefficient (Wildman–Crippen LogP) is 3.31. The number of Topliss-reactive ketones (excluding diaryl/α,β-unsaturated/α-hetero) is 1. The van der Waals surface area contributed by atoms with E-state index in [1.807, 2.05) is 13.8 Å². The zero-order chi connectivity index (χ0) is 27.2. The lowest BCUT2D eigenvalue weighted by Crippen LogP contribution is -2.45. The lowest BCUT2D eigenvalue weighted by molar-refractivity contribution is -0.119. The molecule has 0 bridgehead atoms. The summed E-state index contributed by atoms with van der Waals surface area (Å²) in [7, 11) is -7.85. The quantitative estimate of drug-likeness (QED) is 0.549. The van der Waals surface area contributed by atoms with E-state index in [0.717, 1.165) is 17.7 Å². The largest absolute Gasteiger partial charge is 0.303 e. The van der Waals surface area contributed by atoms with Crippen molar-refractivity contribution in [3.05, 3.63) is 59.7 Å². The number of rotatable bonds is 6. The Kier molecular flexibility index (Phi) is 10.0. The van der Waals surface area contributed by atoms with Crippen LogP contribution >= 0.6 is 0 Å². The van der Waals surface area contributed by atoms with E-state index < -0.39 is 25.8 Å². The van der Waals surface area contributed by atoms with E-state index in [2.05, 4.69) is 18.7 Å². The van der Waals surface area contributed by atoms with E-state index in [0.29, 0.717) is 31.8 Å². The summed E-state index contributed by atoms with van der Waals surface area (Å²) in [4.78, 5) is 15.7. The second-order valence-electron chi connectivity index (χ2n) is 10.2. The molecule has 0 spiro atoms. The minimum absolute atomic E-state index is 0.126. The predicted molar refractivity (Wildman–Crippen MR) is 145 cm³/mol. The summed E-state index contributed by atoms with van der Waals surface area (Å²) in [5.74, 6) is -0.0414. The van der Waals surface area contributed by atoms with Crippen molar-refractivity contribution in [3.8, 4) is 0 Å². The van der Waals surface area contributed by atoms with Gasteiger partial charge in [0.25, 0.3) is 0 Å². The minimum Gasteiger partial charge on any atom is -0.303 e. The summed E-state index contributed by atoms with van der Waals surface area (Å²) in [5.41, 5.74) is 1.87. The number of ketones is 1. The van der Waals surface area contributed by atoms with Crippen LogP contribution in [0.3, 0.4) is 0 Å². The van der Waals surface area contributed by atoms with E-state index in [9.17, 15) is 21.6 Å². The molecule has 2 aromatic rings. The lowest BCUT2D eigenvalue weighted by atomic mass is 10.2. The summed E-state index contributed by atoms with van der Waals surface area (Å²) >= 11 is 0. The van der Waals surface area contributed by atoms with E-state index in [-0.39, 0.29) is 36.0 Å². The van der Waals surface area contributed by atoms with Gasteiger partial charge in [-0.3, -0.25) is 4.79 Å². The molecule has 3 rings (SSSR count). The van der Waals surface area contributed by atoms with Crippen LogP contribution in [0.1, 0.15) is 37.8 Å². The smallest absolute Gasteiger partial charge is 0.243 e. The van der Waals surface area contributed by atoms with Crippen LogP contribution in [0.25, 0.3) is 0 Å². The van der Waals surface area contributed by atoms with Crippen molar-refractivity contribution in [3.63, 3.8) is 0 Å². The molecule has 37 heavy (non-hydrogen) atoms. The monoisotopic (exact) mass is 549 g/mol. The molecule has 0 atom stereocenters. The van der Waals surface area contributed by atoms with Crippen LogP contribution in [0, 0.1) is 19.8 Å². The highest BCUT2D eigenvalue weighted by Crippen LogP contribution is 2.20. The maximum atomic E-state index is 13.5. The molecular weight excluding hydrogens is 510 g/mol. The van der Waals surface area contributed by atoms with Gasteiger partial charge >= 0.3 is 0 Å². The van der Waals surface area contributed by atoms with Crippen LogP contribution < -0.4 is 0 Å². The average molecular weight is 550 g/mol. The number of sulfonamides is 2. The standard InChI is InChI=1S/C27H39N3O5S2/c1-22(2)19-28-15-5-17-29(36(32,33)26-11-7-23(3)8-12-26)20-25(31)21-30(18-6-16-28)37(34,35)27-13-9-24(4)10-14-27/h7-14,22H,5-6,15-21H2,1-4H3. The van der Waals surface area contributed by atoms with Crippen molar-refractivity contribution in [2.24, 2.45) is 5.92 Å². The van der Waals surface area contributed by atoms with Crippen molar-refractivity contribution < 1.29 is 21.6 Å². The van der Waals surface area contributed by atoms with Gasteiger partial charge in [0.1, 0.15) is 0 Å². The molecule has 0 aromatic heterocycles. The molecule has 0 aliphatic carbocycles. The molecule has 1 fully saturated rings. The molecule has 0 saturated carbocycles. The number of nitrogens with zero attached hydrogens (tertiary/aromatic N) is 3. The molecule has 1 aliphatic rings. The molecule has 1 heterocycles. The first kappa shape index (κ1) is 29.4. The minimum atomic E-state index is -3.92. The van der Waals surface area contributed by atoms with Crippen LogP contribution in [-0.2, 0) is 24.8 Å². The van der Waals surface area contributed by atoms with Gasteiger partial charge in [0.2, 0.25) is 20.0 Å². The van der Waals surface area contributed by atoms with Gasteiger partial charge in [-0.15, -0.1) is 0 Å². The Morgan fingerprint density at radius 1 is 0.676 bits per heavy atom. The van der Waals surface area contributed by atoms with Gasteiger partial charge in [0.05, 0.1) is 22.9 Å². The van der Waals surface area contributed by atoms with Crippen LogP contribution in [0.2, 0.25) is 0 Å². The van der Waals surface area contributed by atoms with Crippen LogP contribution in [-0.4, -0.2) is 81.9 Å². The van der Waals surface area contributed by atoms with Gasteiger partial charge in [-0.25, -0.2) is 16.8 Å². The second kappa shape index (κ2) is 12.6. The molecule has 1 aliphatic heterocycles. The van der Waals surface area contributed by atoms with Crippen molar-refractivity contribution >= 4 is 25.8 Å². The van der Waals surface area contributed by atoms with E-state index >= 15 is 0 Å². The first-order valence-electron chi connectivity index (χ1n) is 12.8. The van der Waals surface area contributed by atoms with Crippen LogP contribution in [0.15, 0.2) is 58.3 Å². The number of aryl methyl sites for hydroxylation is 2. The first-order valence-corrected chi connectivity index (χ1v) is 15.7. The summed E-state index contributed by atoms with van der Waals surface area (Å²) in [6.45, 7) is 9.77. The lowest BCUT2D eigenvalue weighted by Gasteiger charge is -2.30. The fourth-order valence-corrected chi connectivity index (χ4v) is 7.41. The Balaban J connectivity index is 1.92. The Morgan fingerprint density at radius 2 is 1.05 bits per heavy atom. The van der Waals surface area contributed by atoms with Crippen LogP contribution in [0.4, 0.5) is 0 Å². The van der Waals surface area contributed by atoms with E-state index in [1.165, 1.54) is 8.61 Å². The summed E-state index contributed by atoms with van der Waals surface area (Å²) in [6.07, 6.45) is 1.16. The topological polar surface area (TPSA) is 95.1 Å². The van der Waals surface area contributed by atoms with Crippen molar-refractivity contribution in [1.29, 1.82) is 0 Å². The number of carbonyl (C=O) groups is 1. The van der Waals surface area contributed by atoms with Gasteiger partial charge < -0.3 is 4.90 Å². The number of hydrogen-bond donors (Lipinski definition) is 0. The number of benzene rings is 2. The van der Waals surface area contributed by atoms with Gasteiger partial charge in [-0.1, -0.05) is 49.2 Å². The fraction of sp³-hybridized carbons (Fsp3) is 0.519. The Hall–Kier alpha value is -2.11. The van der Waals surface area contributed by atoms with Crippen molar-refractivity contribution in [2.45, 2.75) is 50.3 Å². The Bertz CT molecular complexity index is 1160. The third kappa shape index (κ3) is 7.94. The fourth-order valence-electron chi connectivity index (χ4n) is 4.48. The molecule has 1 saturated heterocycles. The van der Waals surface area contributed by atoms with E-state index in [4.69, 9.17) is 0 Å².